The Labute approximate surface area is 105 Å². The number of carbonyl (C=O) groups excluding carboxylic acids is 1. The van der Waals surface area contributed by atoms with Gasteiger partial charge in [-0.25, -0.2) is 0 Å². The van der Waals surface area contributed by atoms with Gasteiger partial charge in [0.15, 0.2) is 5.78 Å². The molecule has 0 bridgehead atoms. The molecule has 0 amide bonds. The number of nitrogens with zero attached hydrogens (tertiary/aromatic N) is 1. The Balaban J connectivity index is 2.51. The fourth-order valence-corrected chi connectivity index (χ4v) is 1.81. The molecule has 1 fully saturated rings. The number of hydrogen-bond acceptors (Lipinski definition) is 3. The van der Waals surface area contributed by atoms with E-state index in [1.807, 2.05) is 26.8 Å². The average molecular weight is 239 g/mol. The van der Waals surface area contributed by atoms with Gasteiger partial charge >= 0.3 is 0 Å². The van der Waals surface area contributed by atoms with E-state index in [-0.39, 0.29) is 17.3 Å². The molecule has 1 aliphatic rings. The number of morpholine rings is 1. The van der Waals surface area contributed by atoms with Crippen molar-refractivity contribution in [1.29, 1.82) is 0 Å². The first-order valence-electron chi connectivity index (χ1n) is 6.39. The third-order valence-electron chi connectivity index (χ3n) is 3.11. The molecule has 98 valence electrons. The van der Waals surface area contributed by atoms with Crippen LogP contribution in [0, 0.1) is 5.41 Å². The van der Waals surface area contributed by atoms with Crippen molar-refractivity contribution in [2.24, 2.45) is 5.41 Å². The van der Waals surface area contributed by atoms with Crippen LogP contribution in [-0.2, 0) is 9.53 Å². The monoisotopic (exact) mass is 239 g/mol. The number of allylic oxidation sites excluding steroid dienone is 1. The summed E-state index contributed by atoms with van der Waals surface area (Å²) in [5.74, 6) is 0.186. The standard InChI is InChI=1S/C14H25NO2/c1-11(6-7-13(16)14(3,4)5)15-8-9-17-12(2)10-15/h6-7,11-12H,8-10H2,1-5H3/b7-6+/t11?,12-/m1/s1. The molecule has 2 atom stereocenters. The number of rotatable bonds is 3. The lowest BCUT2D eigenvalue weighted by Crippen LogP contribution is -2.45. The van der Waals surface area contributed by atoms with Crippen LogP contribution < -0.4 is 0 Å². The van der Waals surface area contributed by atoms with Crippen LogP contribution in [-0.4, -0.2) is 42.5 Å². The number of ether oxygens (including phenoxy) is 1. The lowest BCUT2D eigenvalue weighted by Gasteiger charge is -2.34. The lowest BCUT2D eigenvalue weighted by molar-refractivity contribution is -0.121. The molecule has 3 nitrogen and oxygen atoms in total. The maximum Gasteiger partial charge on any atom is 0.160 e. The Kier molecular flexibility index (Phi) is 4.90. The highest BCUT2D eigenvalue weighted by Crippen LogP contribution is 2.16. The van der Waals surface area contributed by atoms with Crippen LogP contribution in [0.3, 0.4) is 0 Å². The SMILES string of the molecule is CC(/C=C/C(=O)C(C)(C)C)N1CCO[C@H](C)C1. The van der Waals surface area contributed by atoms with Gasteiger partial charge in [0.25, 0.3) is 0 Å². The smallest absolute Gasteiger partial charge is 0.160 e. The van der Waals surface area contributed by atoms with Gasteiger partial charge in [0, 0.05) is 24.5 Å². The van der Waals surface area contributed by atoms with Crippen molar-refractivity contribution in [3.05, 3.63) is 12.2 Å². The molecule has 0 radical (unpaired) electrons. The van der Waals surface area contributed by atoms with Crippen LogP contribution in [0.1, 0.15) is 34.6 Å². The lowest BCUT2D eigenvalue weighted by atomic mass is 9.90. The summed E-state index contributed by atoms with van der Waals surface area (Å²) in [4.78, 5) is 14.1. The van der Waals surface area contributed by atoms with Crippen LogP contribution in [0.2, 0.25) is 0 Å². The highest BCUT2D eigenvalue weighted by Gasteiger charge is 2.21. The zero-order valence-electron chi connectivity index (χ0n) is 11.7. The largest absolute Gasteiger partial charge is 0.376 e. The summed E-state index contributed by atoms with van der Waals surface area (Å²) in [6.07, 6.45) is 4.02. The summed E-state index contributed by atoms with van der Waals surface area (Å²) in [5.41, 5.74) is -0.283. The zero-order chi connectivity index (χ0) is 13.1. The van der Waals surface area contributed by atoms with E-state index in [0.29, 0.717) is 6.04 Å². The Morgan fingerprint density at radius 3 is 2.65 bits per heavy atom. The fraction of sp³-hybridized carbons (Fsp3) is 0.786. The second-order valence-corrected chi connectivity index (χ2v) is 5.89. The molecule has 1 rings (SSSR count). The molecule has 0 saturated carbocycles. The normalized spacial score (nSPS) is 25.1. The third kappa shape index (κ3) is 4.60. The van der Waals surface area contributed by atoms with Crippen LogP contribution in [0.5, 0.6) is 0 Å². The Bertz CT molecular complexity index is 291. The van der Waals surface area contributed by atoms with E-state index in [0.717, 1.165) is 19.7 Å². The molecule has 0 aliphatic carbocycles. The number of hydrogen-bond donors (Lipinski definition) is 0. The minimum atomic E-state index is -0.283. The summed E-state index contributed by atoms with van der Waals surface area (Å²) < 4.78 is 5.51. The van der Waals surface area contributed by atoms with Gasteiger partial charge in [-0.05, 0) is 19.9 Å². The maximum absolute atomic E-state index is 11.8. The molecule has 0 aromatic rings. The van der Waals surface area contributed by atoms with Gasteiger partial charge in [0.1, 0.15) is 0 Å². The van der Waals surface area contributed by atoms with Crippen molar-refractivity contribution < 1.29 is 9.53 Å². The van der Waals surface area contributed by atoms with E-state index in [9.17, 15) is 4.79 Å². The van der Waals surface area contributed by atoms with Gasteiger partial charge in [-0.15, -0.1) is 0 Å². The van der Waals surface area contributed by atoms with E-state index in [2.05, 4.69) is 18.7 Å². The summed E-state index contributed by atoms with van der Waals surface area (Å²) in [6.45, 7) is 12.7. The van der Waals surface area contributed by atoms with Crippen LogP contribution in [0.25, 0.3) is 0 Å². The van der Waals surface area contributed by atoms with Gasteiger partial charge in [-0.2, -0.15) is 0 Å². The van der Waals surface area contributed by atoms with Gasteiger partial charge in [-0.3, -0.25) is 9.69 Å². The minimum Gasteiger partial charge on any atom is -0.376 e. The number of ketones is 1. The highest BCUT2D eigenvalue weighted by atomic mass is 16.5. The predicted molar refractivity (Wildman–Crippen MR) is 70.1 cm³/mol. The van der Waals surface area contributed by atoms with E-state index < -0.39 is 0 Å². The zero-order valence-corrected chi connectivity index (χ0v) is 11.7. The average Bonchev–Trinajstić information content (AvgIpc) is 2.24. The molecule has 0 spiro atoms. The van der Waals surface area contributed by atoms with Gasteiger partial charge in [-0.1, -0.05) is 26.8 Å². The molecule has 0 aromatic carbocycles. The molecule has 3 heteroatoms. The van der Waals surface area contributed by atoms with E-state index >= 15 is 0 Å². The van der Waals surface area contributed by atoms with Crippen LogP contribution >= 0.6 is 0 Å². The van der Waals surface area contributed by atoms with Crippen molar-refractivity contribution in [2.75, 3.05) is 19.7 Å². The summed E-state index contributed by atoms with van der Waals surface area (Å²) in [7, 11) is 0. The van der Waals surface area contributed by atoms with E-state index in [1.165, 1.54) is 0 Å². The topological polar surface area (TPSA) is 29.5 Å². The quantitative estimate of drug-likeness (QED) is 0.708. The minimum absolute atomic E-state index is 0.186. The molecule has 0 N–H and O–H groups in total. The second kappa shape index (κ2) is 5.78. The molecule has 1 aliphatic heterocycles. The molecule has 1 heterocycles. The summed E-state index contributed by atoms with van der Waals surface area (Å²) in [5, 5.41) is 0. The molecular formula is C14H25NO2. The van der Waals surface area contributed by atoms with E-state index in [4.69, 9.17) is 4.74 Å². The first-order valence-corrected chi connectivity index (χ1v) is 6.39. The molecule has 1 saturated heterocycles. The van der Waals surface area contributed by atoms with E-state index in [1.54, 1.807) is 6.08 Å². The number of carbonyl (C=O) groups is 1. The Hall–Kier alpha value is -0.670. The fourth-order valence-electron chi connectivity index (χ4n) is 1.81. The first kappa shape index (κ1) is 14.4. The molecule has 0 aromatic heterocycles. The van der Waals surface area contributed by atoms with Crippen molar-refractivity contribution in [3.8, 4) is 0 Å². The van der Waals surface area contributed by atoms with Crippen molar-refractivity contribution in [2.45, 2.75) is 46.8 Å². The summed E-state index contributed by atoms with van der Waals surface area (Å²) in [6, 6.07) is 0.299. The second-order valence-electron chi connectivity index (χ2n) is 5.89. The van der Waals surface area contributed by atoms with Gasteiger partial charge in [0.2, 0.25) is 0 Å². The summed E-state index contributed by atoms with van der Waals surface area (Å²) >= 11 is 0. The van der Waals surface area contributed by atoms with Crippen molar-refractivity contribution in [3.63, 3.8) is 0 Å². The van der Waals surface area contributed by atoms with Gasteiger partial charge in [0.05, 0.1) is 12.7 Å². The third-order valence-corrected chi connectivity index (χ3v) is 3.11. The molecular weight excluding hydrogens is 214 g/mol. The maximum atomic E-state index is 11.8. The van der Waals surface area contributed by atoms with Gasteiger partial charge < -0.3 is 4.74 Å². The van der Waals surface area contributed by atoms with Crippen LogP contribution in [0.15, 0.2) is 12.2 Å². The van der Waals surface area contributed by atoms with Crippen LogP contribution in [0.4, 0.5) is 0 Å². The predicted octanol–water partition coefficient (Wildman–Crippen LogP) is 2.27. The van der Waals surface area contributed by atoms with Crippen molar-refractivity contribution >= 4 is 5.78 Å². The molecule has 1 unspecified atom stereocenters. The highest BCUT2D eigenvalue weighted by molar-refractivity contribution is 5.93. The first-order chi connectivity index (χ1) is 7.80. The van der Waals surface area contributed by atoms with Crippen molar-refractivity contribution in [1.82, 2.24) is 4.90 Å². The Morgan fingerprint density at radius 1 is 1.47 bits per heavy atom. The Morgan fingerprint density at radius 2 is 2.12 bits per heavy atom. The molecule has 17 heavy (non-hydrogen) atoms.